The van der Waals surface area contributed by atoms with E-state index >= 15 is 0 Å². The Kier molecular flexibility index (Phi) is 8.32. The first-order valence-corrected chi connectivity index (χ1v) is 12.5. The van der Waals surface area contributed by atoms with Gasteiger partial charge in [0, 0.05) is 38.0 Å². The van der Waals surface area contributed by atoms with Crippen LogP contribution >= 0.6 is 12.4 Å². The molecule has 5 rings (SSSR count). The van der Waals surface area contributed by atoms with Crippen LogP contribution in [0.3, 0.4) is 0 Å². The molecule has 2 amide bonds. The molecule has 1 N–H and O–H groups in total. The summed E-state index contributed by atoms with van der Waals surface area (Å²) >= 11 is 0. The molecule has 2 saturated heterocycles. The van der Waals surface area contributed by atoms with Crippen LogP contribution in [0, 0.1) is 5.82 Å². The Labute approximate surface area is 230 Å². The van der Waals surface area contributed by atoms with E-state index in [9.17, 15) is 27.2 Å². The minimum Gasteiger partial charge on any atom is -0.338 e. The van der Waals surface area contributed by atoms with Crippen molar-refractivity contribution in [2.75, 3.05) is 13.1 Å². The predicted octanol–water partition coefficient (Wildman–Crippen LogP) is 5.44. The van der Waals surface area contributed by atoms with Crippen LogP contribution in [0.25, 0.3) is 0 Å². The summed E-state index contributed by atoms with van der Waals surface area (Å²) in [5.74, 6) is -2.02. The number of halogens is 5. The van der Waals surface area contributed by atoms with Gasteiger partial charge in [-0.3, -0.25) is 14.9 Å². The Morgan fingerprint density at radius 2 is 1.51 bits per heavy atom. The van der Waals surface area contributed by atoms with Gasteiger partial charge in [-0.1, -0.05) is 60.7 Å². The van der Waals surface area contributed by atoms with Crippen LogP contribution in [0.1, 0.15) is 39.9 Å². The van der Waals surface area contributed by atoms with Crippen molar-refractivity contribution in [3.05, 3.63) is 107 Å². The number of carbonyl (C=O) groups excluding carboxylic acids is 2. The summed E-state index contributed by atoms with van der Waals surface area (Å²) in [4.78, 5) is 30.0. The summed E-state index contributed by atoms with van der Waals surface area (Å²) < 4.78 is 52.9. The highest BCUT2D eigenvalue weighted by Crippen LogP contribution is 2.36. The molecule has 10 heteroatoms. The lowest BCUT2D eigenvalue weighted by molar-refractivity contribution is -0.140. The molecule has 3 aromatic rings. The van der Waals surface area contributed by atoms with Crippen molar-refractivity contribution >= 4 is 24.2 Å². The average Bonchev–Trinajstić information content (AvgIpc) is 3.14. The van der Waals surface area contributed by atoms with Crippen LogP contribution in [-0.4, -0.2) is 46.4 Å². The van der Waals surface area contributed by atoms with E-state index in [1.54, 1.807) is 0 Å². The first-order valence-electron chi connectivity index (χ1n) is 12.5. The van der Waals surface area contributed by atoms with Crippen LogP contribution in [-0.2, 0) is 23.9 Å². The highest BCUT2D eigenvalue weighted by Gasteiger charge is 2.51. The van der Waals surface area contributed by atoms with Gasteiger partial charge in [0.1, 0.15) is 5.82 Å². The molecular weight excluding hydrogens is 534 g/mol. The number of hydrogen-bond acceptors (Lipinski definition) is 3. The van der Waals surface area contributed by atoms with Crippen molar-refractivity contribution in [1.29, 1.82) is 0 Å². The lowest BCUT2D eigenvalue weighted by atomic mass is 9.94. The van der Waals surface area contributed by atoms with E-state index in [0.717, 1.165) is 17.2 Å². The van der Waals surface area contributed by atoms with Crippen LogP contribution in [0.5, 0.6) is 0 Å². The lowest BCUT2D eigenvalue weighted by Crippen LogP contribution is -2.59. The van der Waals surface area contributed by atoms with Gasteiger partial charge in [-0.2, -0.15) is 13.2 Å². The molecule has 2 heterocycles. The summed E-state index contributed by atoms with van der Waals surface area (Å²) in [6.45, 7) is 0.951. The molecule has 1 atom stereocenters. The smallest absolute Gasteiger partial charge is 0.338 e. The molecule has 0 aromatic heterocycles. The molecular formula is C29H28ClF4N3O2. The van der Waals surface area contributed by atoms with E-state index < -0.39 is 35.2 Å². The minimum absolute atomic E-state index is 0. The van der Waals surface area contributed by atoms with E-state index in [0.29, 0.717) is 37.9 Å². The van der Waals surface area contributed by atoms with Crippen molar-refractivity contribution in [3.63, 3.8) is 0 Å². The SMILES string of the molecule is Cl.O=C(c1ccc(C(F)(F)F)c(F)c1)N1CCC2(CC1)N[C@@H](Cc1ccccc1)C(=O)N2Cc1ccccc1. The lowest BCUT2D eigenvalue weighted by Gasteiger charge is -2.44. The molecule has 0 saturated carbocycles. The largest absolute Gasteiger partial charge is 0.419 e. The van der Waals surface area contributed by atoms with Crippen LogP contribution < -0.4 is 5.32 Å². The third-order valence-corrected chi connectivity index (χ3v) is 7.39. The molecule has 2 fully saturated rings. The quantitative estimate of drug-likeness (QED) is 0.422. The molecule has 0 aliphatic carbocycles. The summed E-state index contributed by atoms with van der Waals surface area (Å²) in [6, 6.07) is 21.2. The molecule has 0 bridgehead atoms. The average molecular weight is 562 g/mol. The maximum Gasteiger partial charge on any atom is 0.419 e. The number of piperidine rings is 1. The fourth-order valence-corrected chi connectivity index (χ4v) is 5.40. The highest BCUT2D eigenvalue weighted by atomic mass is 35.5. The number of nitrogens with one attached hydrogen (secondary N) is 1. The van der Waals surface area contributed by atoms with Crippen molar-refractivity contribution in [2.45, 2.75) is 43.7 Å². The molecule has 2 aliphatic rings. The third kappa shape index (κ3) is 5.94. The van der Waals surface area contributed by atoms with Crippen LogP contribution in [0.4, 0.5) is 17.6 Å². The molecule has 206 valence electrons. The first-order chi connectivity index (χ1) is 18.2. The summed E-state index contributed by atoms with van der Waals surface area (Å²) in [5, 5.41) is 3.56. The van der Waals surface area contributed by atoms with Gasteiger partial charge in [-0.05, 0) is 35.7 Å². The Hall–Kier alpha value is -3.43. The van der Waals surface area contributed by atoms with E-state index in [4.69, 9.17) is 0 Å². The second-order valence-electron chi connectivity index (χ2n) is 9.81. The standard InChI is InChI=1S/C29H27F4N3O2.ClH/c30-24-18-22(11-12-23(24)29(31,32)33)26(37)35-15-13-28(14-16-35)34-25(17-20-7-3-1-4-8-20)27(38)36(28)19-21-9-5-2-6-10-21;/h1-12,18,25,34H,13-17,19H2;1H/t25-;/m0./s1. The van der Waals surface area contributed by atoms with Gasteiger partial charge in [0.2, 0.25) is 5.91 Å². The second kappa shape index (κ2) is 11.4. The number of hydrogen-bond donors (Lipinski definition) is 1. The predicted molar refractivity (Wildman–Crippen MR) is 141 cm³/mol. The van der Waals surface area contributed by atoms with Crippen LogP contribution in [0.2, 0.25) is 0 Å². The number of rotatable bonds is 5. The first kappa shape index (κ1) is 28.6. The van der Waals surface area contributed by atoms with Crippen molar-refractivity contribution in [3.8, 4) is 0 Å². The summed E-state index contributed by atoms with van der Waals surface area (Å²) in [5.41, 5.74) is -0.186. The van der Waals surface area contributed by atoms with Gasteiger partial charge in [0.25, 0.3) is 5.91 Å². The fourth-order valence-electron chi connectivity index (χ4n) is 5.40. The number of alkyl halides is 3. The normalized spacial score (nSPS) is 18.8. The number of nitrogens with zero attached hydrogens (tertiary/aromatic N) is 2. The fraction of sp³-hybridized carbons (Fsp3) is 0.310. The van der Waals surface area contributed by atoms with E-state index in [-0.39, 0.29) is 37.0 Å². The Bertz CT molecular complexity index is 1310. The van der Waals surface area contributed by atoms with Gasteiger partial charge in [-0.25, -0.2) is 4.39 Å². The van der Waals surface area contributed by atoms with Crippen molar-refractivity contribution in [1.82, 2.24) is 15.1 Å². The van der Waals surface area contributed by atoms with Gasteiger partial charge in [-0.15, -0.1) is 12.4 Å². The number of benzene rings is 3. The van der Waals surface area contributed by atoms with E-state index in [1.807, 2.05) is 65.6 Å². The number of carbonyl (C=O) groups is 2. The molecule has 3 aromatic carbocycles. The minimum atomic E-state index is -4.83. The second-order valence-corrected chi connectivity index (χ2v) is 9.81. The monoisotopic (exact) mass is 561 g/mol. The molecule has 2 aliphatic heterocycles. The van der Waals surface area contributed by atoms with Gasteiger partial charge in [0.15, 0.2) is 0 Å². The Morgan fingerprint density at radius 1 is 0.923 bits per heavy atom. The summed E-state index contributed by atoms with van der Waals surface area (Å²) in [7, 11) is 0. The maximum atomic E-state index is 14.1. The van der Waals surface area contributed by atoms with E-state index in [1.165, 1.54) is 4.90 Å². The molecule has 1 spiro atoms. The van der Waals surface area contributed by atoms with Gasteiger partial charge in [0.05, 0.1) is 17.3 Å². The zero-order chi connectivity index (χ0) is 26.9. The molecule has 0 unspecified atom stereocenters. The Morgan fingerprint density at radius 3 is 2.08 bits per heavy atom. The third-order valence-electron chi connectivity index (χ3n) is 7.39. The molecule has 0 radical (unpaired) electrons. The molecule has 39 heavy (non-hydrogen) atoms. The van der Waals surface area contributed by atoms with Crippen LogP contribution in [0.15, 0.2) is 78.9 Å². The number of likely N-dealkylation sites (tertiary alicyclic amines) is 1. The number of amides is 2. The van der Waals surface area contributed by atoms with E-state index in [2.05, 4.69) is 5.32 Å². The molecule has 5 nitrogen and oxygen atoms in total. The summed E-state index contributed by atoms with van der Waals surface area (Å²) in [6.07, 6.45) is -3.43. The van der Waals surface area contributed by atoms with Gasteiger partial charge >= 0.3 is 6.18 Å². The van der Waals surface area contributed by atoms with Crippen molar-refractivity contribution in [2.24, 2.45) is 0 Å². The van der Waals surface area contributed by atoms with Gasteiger partial charge < -0.3 is 9.80 Å². The van der Waals surface area contributed by atoms with Crippen molar-refractivity contribution < 1.29 is 27.2 Å². The topological polar surface area (TPSA) is 52.7 Å². The Balaban J connectivity index is 0.00000353. The highest BCUT2D eigenvalue weighted by molar-refractivity contribution is 5.94. The maximum absolute atomic E-state index is 14.1. The zero-order valence-electron chi connectivity index (χ0n) is 21.0. The zero-order valence-corrected chi connectivity index (χ0v) is 21.8.